The number of hydrogen-bond donors (Lipinski definition) is 2. The highest BCUT2D eigenvalue weighted by Gasteiger charge is 2.23. The molecule has 0 aliphatic rings. The number of hydrogen-bond acceptors (Lipinski definition) is 4. The fourth-order valence-electron chi connectivity index (χ4n) is 3.70. The number of benzene rings is 2. The Morgan fingerprint density at radius 1 is 1.00 bits per heavy atom. The van der Waals surface area contributed by atoms with Crippen LogP contribution in [-0.4, -0.2) is 29.9 Å². The minimum absolute atomic E-state index is 0.344. The zero-order valence-electron chi connectivity index (χ0n) is 17.2. The second-order valence-electron chi connectivity index (χ2n) is 6.78. The molecular weight excluding hydrogens is 368 g/mol. The molecule has 29 heavy (non-hydrogen) atoms. The van der Waals surface area contributed by atoms with Crippen LogP contribution in [0.5, 0.6) is 11.5 Å². The number of carboxylic acid groups (broad SMARTS) is 1. The molecule has 1 aromatic heterocycles. The molecule has 0 atom stereocenters. The fraction of sp³-hybridized carbons (Fsp3) is 0.261. The second kappa shape index (κ2) is 8.84. The van der Waals surface area contributed by atoms with Crippen molar-refractivity contribution >= 4 is 5.97 Å². The highest BCUT2D eigenvalue weighted by molar-refractivity contribution is 5.91. The Morgan fingerprint density at radius 2 is 1.72 bits per heavy atom. The molecule has 0 bridgehead atoms. The van der Waals surface area contributed by atoms with Crippen LogP contribution in [-0.2, 0) is 13.1 Å². The summed E-state index contributed by atoms with van der Waals surface area (Å²) < 4.78 is 12.7. The third kappa shape index (κ3) is 4.12. The average molecular weight is 394 g/mol. The number of nitrogens with zero attached hydrogens (tertiary/aromatic N) is 1. The van der Waals surface area contributed by atoms with E-state index in [9.17, 15) is 9.90 Å². The van der Waals surface area contributed by atoms with E-state index in [1.165, 1.54) is 0 Å². The van der Waals surface area contributed by atoms with Crippen molar-refractivity contribution in [2.24, 2.45) is 0 Å². The molecule has 152 valence electrons. The van der Waals surface area contributed by atoms with Gasteiger partial charge >= 0.3 is 5.97 Å². The molecule has 6 nitrogen and oxygen atoms in total. The molecule has 3 aromatic rings. The van der Waals surface area contributed by atoms with Crippen molar-refractivity contribution in [3.63, 3.8) is 0 Å². The first-order chi connectivity index (χ1) is 14.0. The zero-order valence-corrected chi connectivity index (χ0v) is 17.2. The summed E-state index contributed by atoms with van der Waals surface area (Å²) in [5, 5.41) is 13.2. The van der Waals surface area contributed by atoms with Gasteiger partial charge in [-0.25, -0.2) is 4.79 Å². The van der Waals surface area contributed by atoms with Gasteiger partial charge in [-0.05, 0) is 44.2 Å². The second-order valence-corrected chi connectivity index (χ2v) is 6.78. The predicted molar refractivity (Wildman–Crippen MR) is 112 cm³/mol. The molecule has 0 radical (unpaired) electrons. The van der Waals surface area contributed by atoms with E-state index in [1.807, 2.05) is 66.9 Å². The van der Waals surface area contributed by atoms with Crippen molar-refractivity contribution in [3.05, 3.63) is 76.6 Å². The number of ether oxygens (including phenoxy) is 2. The van der Waals surface area contributed by atoms with Crippen molar-refractivity contribution in [3.8, 4) is 17.2 Å². The Labute approximate surface area is 170 Å². The minimum Gasteiger partial charge on any atom is -0.497 e. The molecule has 0 aliphatic carbocycles. The summed E-state index contributed by atoms with van der Waals surface area (Å²) in [5.41, 5.74) is 4.65. The molecule has 1 heterocycles. The fourth-order valence-corrected chi connectivity index (χ4v) is 3.70. The van der Waals surface area contributed by atoms with Gasteiger partial charge in [-0.15, -0.1) is 0 Å². The number of carbonyl (C=O) groups is 1. The van der Waals surface area contributed by atoms with E-state index < -0.39 is 5.97 Å². The van der Waals surface area contributed by atoms with Crippen LogP contribution >= 0.6 is 0 Å². The van der Waals surface area contributed by atoms with E-state index in [0.29, 0.717) is 18.7 Å². The lowest BCUT2D eigenvalue weighted by atomic mass is 10.1. The van der Waals surface area contributed by atoms with Crippen LogP contribution in [0.2, 0.25) is 0 Å². The van der Waals surface area contributed by atoms with Gasteiger partial charge in [0.05, 0.1) is 19.8 Å². The maximum atomic E-state index is 12.0. The summed E-state index contributed by atoms with van der Waals surface area (Å²) in [5.74, 6) is 0.582. The van der Waals surface area contributed by atoms with Gasteiger partial charge in [0.2, 0.25) is 0 Å². The third-order valence-electron chi connectivity index (χ3n) is 5.10. The Morgan fingerprint density at radius 3 is 2.34 bits per heavy atom. The minimum atomic E-state index is -0.920. The highest BCUT2D eigenvalue weighted by Crippen LogP contribution is 2.27. The summed E-state index contributed by atoms with van der Waals surface area (Å²) in [7, 11) is 3.25. The zero-order chi connectivity index (χ0) is 21.0. The van der Waals surface area contributed by atoms with Gasteiger partial charge in [-0.2, -0.15) is 0 Å². The van der Waals surface area contributed by atoms with Crippen LogP contribution in [0.4, 0.5) is 0 Å². The normalized spacial score (nSPS) is 10.8. The summed E-state index contributed by atoms with van der Waals surface area (Å²) >= 11 is 0. The lowest BCUT2D eigenvalue weighted by molar-refractivity contribution is 0.0695. The molecule has 2 N–H and O–H groups in total. The van der Waals surface area contributed by atoms with Crippen LogP contribution in [0, 0.1) is 13.8 Å². The molecule has 0 aliphatic heterocycles. The summed E-state index contributed by atoms with van der Waals surface area (Å²) in [4.78, 5) is 12.0. The van der Waals surface area contributed by atoms with Crippen LogP contribution in [0.1, 0.15) is 32.9 Å². The monoisotopic (exact) mass is 394 g/mol. The van der Waals surface area contributed by atoms with Gasteiger partial charge in [-0.3, -0.25) is 0 Å². The van der Waals surface area contributed by atoms with Gasteiger partial charge in [0, 0.05) is 41.3 Å². The van der Waals surface area contributed by atoms with E-state index in [0.717, 1.165) is 39.7 Å². The molecular formula is C23H26N2O4. The molecule has 2 aromatic carbocycles. The quantitative estimate of drug-likeness (QED) is 0.602. The number of nitrogens with one attached hydrogen (secondary N) is 1. The van der Waals surface area contributed by atoms with E-state index in [2.05, 4.69) is 5.32 Å². The SMILES string of the molecule is COc1ccc(OC)c(CNCc2c(C(=O)O)c(C)n(-c3ccccc3)c2C)c1. The maximum Gasteiger partial charge on any atom is 0.337 e. The summed E-state index contributed by atoms with van der Waals surface area (Å²) in [6.07, 6.45) is 0. The van der Waals surface area contributed by atoms with Gasteiger partial charge in [-0.1, -0.05) is 18.2 Å². The first-order valence-corrected chi connectivity index (χ1v) is 9.39. The number of para-hydroxylation sites is 1. The largest absolute Gasteiger partial charge is 0.497 e. The number of rotatable bonds is 8. The van der Waals surface area contributed by atoms with Crippen molar-refractivity contribution in [1.29, 1.82) is 0 Å². The van der Waals surface area contributed by atoms with Crippen LogP contribution in [0.15, 0.2) is 48.5 Å². The first kappa shape index (κ1) is 20.5. The van der Waals surface area contributed by atoms with Gasteiger partial charge in [0.25, 0.3) is 0 Å². The van der Waals surface area contributed by atoms with Crippen LogP contribution in [0.3, 0.4) is 0 Å². The third-order valence-corrected chi connectivity index (χ3v) is 5.10. The standard InChI is InChI=1S/C23H26N2O4/c1-15-20(14-24-13-17-12-19(28-3)10-11-21(17)29-4)22(23(26)27)16(2)25(15)18-8-6-5-7-9-18/h5-12,24H,13-14H2,1-4H3,(H,26,27). The van der Waals surface area contributed by atoms with Crippen molar-refractivity contribution < 1.29 is 19.4 Å². The number of aromatic carboxylic acids is 1. The van der Waals surface area contributed by atoms with Crippen molar-refractivity contribution in [2.45, 2.75) is 26.9 Å². The Balaban J connectivity index is 1.89. The molecule has 0 spiro atoms. The van der Waals surface area contributed by atoms with Crippen molar-refractivity contribution in [2.75, 3.05) is 14.2 Å². The smallest absolute Gasteiger partial charge is 0.337 e. The highest BCUT2D eigenvalue weighted by atomic mass is 16.5. The molecule has 3 rings (SSSR count). The lowest BCUT2D eigenvalue weighted by Crippen LogP contribution is -2.16. The molecule has 0 saturated carbocycles. The molecule has 6 heteroatoms. The van der Waals surface area contributed by atoms with Crippen LogP contribution in [0.25, 0.3) is 5.69 Å². The van der Waals surface area contributed by atoms with E-state index in [4.69, 9.17) is 9.47 Å². The van der Waals surface area contributed by atoms with E-state index >= 15 is 0 Å². The average Bonchev–Trinajstić information content (AvgIpc) is 2.98. The Hall–Kier alpha value is -3.25. The summed E-state index contributed by atoms with van der Waals surface area (Å²) in [6.45, 7) is 4.75. The topological polar surface area (TPSA) is 72.7 Å². The summed E-state index contributed by atoms with van der Waals surface area (Å²) in [6, 6.07) is 15.4. The molecule has 0 saturated heterocycles. The van der Waals surface area contributed by atoms with E-state index in [-0.39, 0.29) is 0 Å². The first-order valence-electron chi connectivity index (χ1n) is 9.39. The molecule has 0 amide bonds. The maximum absolute atomic E-state index is 12.0. The number of aromatic nitrogens is 1. The van der Waals surface area contributed by atoms with E-state index in [1.54, 1.807) is 14.2 Å². The number of methoxy groups -OCH3 is 2. The predicted octanol–water partition coefficient (Wildman–Crippen LogP) is 4.10. The Bertz CT molecular complexity index is 1010. The van der Waals surface area contributed by atoms with Crippen molar-refractivity contribution in [1.82, 2.24) is 9.88 Å². The van der Waals surface area contributed by atoms with Gasteiger partial charge in [0.1, 0.15) is 11.5 Å². The number of carboxylic acids is 1. The molecule has 0 unspecified atom stereocenters. The lowest BCUT2D eigenvalue weighted by Gasteiger charge is -2.12. The van der Waals surface area contributed by atoms with Gasteiger partial charge < -0.3 is 24.5 Å². The van der Waals surface area contributed by atoms with Gasteiger partial charge in [0.15, 0.2) is 0 Å². The Kier molecular flexibility index (Phi) is 6.24. The molecule has 0 fully saturated rings. The van der Waals surface area contributed by atoms with Crippen LogP contribution < -0.4 is 14.8 Å².